The van der Waals surface area contributed by atoms with E-state index < -0.39 is 113 Å². The Morgan fingerprint density at radius 2 is 0.879 bits per heavy atom. The molecule has 0 spiro atoms. The van der Waals surface area contributed by atoms with Gasteiger partial charge in [0.2, 0.25) is 46.9 Å². The topological polar surface area (TPSA) is 361 Å². The van der Waals surface area contributed by atoms with Crippen LogP contribution in [0.4, 0.5) is 87.2 Å². The van der Waals surface area contributed by atoms with E-state index in [9.17, 15) is 45.5 Å². The lowest BCUT2D eigenvalue weighted by atomic mass is 9.79. The zero-order valence-corrected chi connectivity index (χ0v) is 65.3. The summed E-state index contributed by atoms with van der Waals surface area (Å²) in [5.41, 5.74) is -1.87. The summed E-state index contributed by atoms with van der Waals surface area (Å²) < 4.78 is 135. The van der Waals surface area contributed by atoms with Crippen molar-refractivity contribution in [3.05, 3.63) is 45.4 Å². The van der Waals surface area contributed by atoms with E-state index in [1.165, 1.54) is 6.20 Å². The molecule has 33 nitrogen and oxygen atoms in total. The lowest BCUT2D eigenvalue weighted by Crippen LogP contribution is -2.45. The number of carbonyl (C=O) groups excluding carboxylic acids is 4. The summed E-state index contributed by atoms with van der Waals surface area (Å²) in [6.45, 7) is 39.2. The number of aromatic nitrogens is 12. The third kappa shape index (κ3) is 24.5. The van der Waals surface area contributed by atoms with Crippen LogP contribution in [0.1, 0.15) is 161 Å². The Hall–Kier alpha value is -8.09. The van der Waals surface area contributed by atoms with E-state index in [-0.39, 0.29) is 44.6 Å². The van der Waals surface area contributed by atoms with Crippen molar-refractivity contribution in [3.63, 3.8) is 0 Å². The molecule has 2 N–H and O–H groups in total. The third-order valence-corrected chi connectivity index (χ3v) is 16.3. The standard InChI is InChI=1S/C21H32BF2N3O6.C17H22F2N8O2.C15H20BrF2N3O4.C12H18ClN5O2/c1-18(2,3)30-16(28)27(17(29)31-19(4,5)6)15-25-11-12(13(26-15)14(23)24)22-32-20(7,8)21(9,10)33-22;1-10-9-29-7-4-27(10)17-24-14(11-8-21-15(20)22-12(11)13(18)19)23-16(25-17)26-2-5-28-6-3-26;1-14(2,3)24-12(22)21(13(23)25-15(4,5)6)11-19-7-8(16)9(20-11)10(17)18;1-9-8-20-7-4-18(9)12-15-10(13)14-11(16-12)17-2-5-19-6-3-17/h11,14H,1-10H3;8,10,13H,2-7,9H2,1H3,(H2,20,21,22);7,10H,1-6H3;9H,2-8H2,1H3/t;10-;;9-/m.0.0/s1. The van der Waals surface area contributed by atoms with Crippen molar-refractivity contribution in [2.75, 3.05) is 127 Å². The second-order valence-corrected chi connectivity index (χ2v) is 30.6. The van der Waals surface area contributed by atoms with Gasteiger partial charge in [-0.3, -0.25) is 0 Å². The molecular formula is C65H92BBrClF6N19O14. The van der Waals surface area contributed by atoms with Crippen LogP contribution in [0.5, 0.6) is 0 Å². The molecule has 0 aromatic carbocycles. The molecule has 5 aliphatic heterocycles. The summed E-state index contributed by atoms with van der Waals surface area (Å²) in [6, 6.07) is 0.272. The van der Waals surface area contributed by atoms with Gasteiger partial charge in [-0.1, -0.05) is 0 Å². The summed E-state index contributed by atoms with van der Waals surface area (Å²) >= 11 is 8.95. The largest absolute Gasteiger partial charge is 0.498 e. The number of hydrogen-bond donors (Lipinski definition) is 1. The second kappa shape index (κ2) is 36.0. The number of halogens is 8. The summed E-state index contributed by atoms with van der Waals surface area (Å²) in [5.74, 6) is 0.743. The zero-order valence-electron chi connectivity index (χ0n) is 63.0. The fraction of sp³-hybridized carbons (Fsp3) is 0.662. The van der Waals surface area contributed by atoms with Gasteiger partial charge in [-0.2, -0.15) is 29.9 Å². The molecule has 0 radical (unpaired) electrons. The Labute approximate surface area is 629 Å². The van der Waals surface area contributed by atoms with Crippen LogP contribution in [0.3, 0.4) is 0 Å². The van der Waals surface area contributed by atoms with E-state index in [0.717, 1.165) is 32.0 Å². The predicted molar refractivity (Wildman–Crippen MR) is 384 cm³/mol. The molecular weight excluding hydrogens is 1510 g/mol. The Balaban J connectivity index is 0.000000202. The number of morpholine rings is 4. The number of anilines is 7. The van der Waals surface area contributed by atoms with Gasteiger partial charge in [0.05, 0.1) is 86.2 Å². The number of rotatable bonds is 11. The third-order valence-electron chi connectivity index (χ3n) is 15.5. The smallest absolute Gasteiger partial charge is 0.443 e. The zero-order chi connectivity index (χ0) is 79.5. The maximum Gasteiger partial charge on any atom is 0.498 e. The van der Waals surface area contributed by atoms with Crippen LogP contribution in [0.2, 0.25) is 5.28 Å². The quantitative estimate of drug-likeness (QED) is 0.0729. The van der Waals surface area contributed by atoms with Crippen molar-refractivity contribution in [3.8, 4) is 11.4 Å². The van der Waals surface area contributed by atoms with Crippen LogP contribution in [-0.4, -0.2) is 229 Å². The van der Waals surface area contributed by atoms with Crippen LogP contribution < -0.4 is 40.6 Å². The summed E-state index contributed by atoms with van der Waals surface area (Å²) in [6.07, 6.45) is -10.2. The predicted octanol–water partition coefficient (Wildman–Crippen LogP) is 10.7. The van der Waals surface area contributed by atoms with Crippen molar-refractivity contribution in [2.45, 2.75) is 190 Å². The number of carbonyl (C=O) groups is 4. The Morgan fingerprint density at radius 1 is 0.514 bits per heavy atom. The first-order valence-electron chi connectivity index (χ1n) is 34.0. The molecule has 2 atom stereocenters. The van der Waals surface area contributed by atoms with E-state index in [4.69, 9.17) is 64.5 Å². The van der Waals surface area contributed by atoms with Gasteiger partial charge in [0.15, 0.2) is 5.82 Å². The number of ether oxygens (including phenoxy) is 8. The van der Waals surface area contributed by atoms with E-state index in [2.05, 4.69) is 92.5 Å². The van der Waals surface area contributed by atoms with Crippen LogP contribution >= 0.6 is 27.5 Å². The average molecular weight is 1600 g/mol. The molecule has 0 saturated carbocycles. The lowest BCUT2D eigenvalue weighted by molar-refractivity contribution is 0.00578. The minimum atomic E-state index is -3.07. The number of imide groups is 2. The van der Waals surface area contributed by atoms with E-state index in [1.807, 2.05) is 16.7 Å². The number of alkyl halides is 6. The number of nitrogen functional groups attached to an aromatic ring is 1. The fourth-order valence-corrected chi connectivity index (χ4v) is 10.3. The molecule has 0 bridgehead atoms. The normalized spacial score (nSPS) is 18.3. The maximum atomic E-state index is 14.0. The molecule has 42 heteroatoms. The van der Waals surface area contributed by atoms with Crippen molar-refractivity contribution in [2.24, 2.45) is 0 Å². The van der Waals surface area contributed by atoms with E-state index in [1.54, 1.807) is 111 Å². The van der Waals surface area contributed by atoms with Crippen LogP contribution in [0.25, 0.3) is 11.4 Å². The second-order valence-electron chi connectivity index (χ2n) is 29.4. The van der Waals surface area contributed by atoms with E-state index in [0.29, 0.717) is 106 Å². The first kappa shape index (κ1) is 86.2. The molecule has 107 heavy (non-hydrogen) atoms. The highest BCUT2D eigenvalue weighted by atomic mass is 79.9. The van der Waals surface area contributed by atoms with Gasteiger partial charge >= 0.3 is 31.5 Å². The minimum absolute atomic E-state index is 0.0354. The van der Waals surface area contributed by atoms with Crippen LogP contribution in [0.15, 0.2) is 23.1 Å². The lowest BCUT2D eigenvalue weighted by Gasteiger charge is -2.34. The Bertz CT molecular complexity index is 3800. The molecule has 5 saturated heterocycles. The molecule has 0 unspecified atom stereocenters. The first-order chi connectivity index (χ1) is 49.7. The van der Waals surface area contributed by atoms with Crippen LogP contribution in [0, 0.1) is 0 Å². The molecule has 5 aromatic rings. The molecule has 10 heterocycles. The Morgan fingerprint density at radius 3 is 1.28 bits per heavy atom. The highest BCUT2D eigenvalue weighted by Crippen LogP contribution is 2.38. The summed E-state index contributed by atoms with van der Waals surface area (Å²) in [7, 11) is -1.16. The van der Waals surface area contributed by atoms with Crippen molar-refractivity contribution >= 4 is 106 Å². The molecule has 5 fully saturated rings. The van der Waals surface area contributed by atoms with Gasteiger partial charge in [-0.25, -0.2) is 75.4 Å². The highest BCUT2D eigenvalue weighted by Gasteiger charge is 2.53. The molecule has 4 amide bonds. The van der Waals surface area contributed by atoms with Gasteiger partial charge in [-0.15, -0.1) is 9.80 Å². The van der Waals surface area contributed by atoms with Crippen molar-refractivity contribution in [1.82, 2.24) is 59.8 Å². The SMILES string of the molecule is CC(C)(C)OC(=O)N(C(=O)OC(C)(C)C)c1ncc(B2OC(C)(C)C(C)(C)O2)c(C(F)F)n1.CC(C)(C)OC(=O)N(C(=O)OC(C)(C)C)c1ncc(Br)c(C(F)F)n1.C[C@H]1COCCN1c1nc(-c2cnc(N)nc2C(F)F)nc(N2CCOCC2)n1.C[C@H]1COCCN1c1nc(Cl)nc(N2CCOCC2)n1. The molecule has 590 valence electrons. The van der Waals surface area contributed by atoms with Gasteiger partial charge in [-0.05, 0) is 152 Å². The summed E-state index contributed by atoms with van der Waals surface area (Å²) in [4.78, 5) is 108. The Kier molecular flexibility index (Phi) is 29.0. The van der Waals surface area contributed by atoms with Gasteiger partial charge in [0.25, 0.3) is 19.3 Å². The van der Waals surface area contributed by atoms with Gasteiger partial charge < -0.3 is 72.5 Å². The van der Waals surface area contributed by atoms with Gasteiger partial charge in [0.1, 0.15) is 39.5 Å². The number of amides is 4. The van der Waals surface area contributed by atoms with Gasteiger partial charge in [0, 0.05) is 63.3 Å². The highest BCUT2D eigenvalue weighted by molar-refractivity contribution is 9.10. The number of nitrogens with two attached hydrogens (primary N) is 1. The van der Waals surface area contributed by atoms with Crippen molar-refractivity contribution in [1.29, 1.82) is 0 Å². The molecule has 0 aliphatic carbocycles. The van der Waals surface area contributed by atoms with Crippen LogP contribution in [-0.2, 0) is 47.2 Å². The minimum Gasteiger partial charge on any atom is -0.443 e. The average Bonchev–Trinajstić information content (AvgIpc) is 1.57. The molecule has 10 rings (SSSR count). The first-order valence-corrected chi connectivity index (χ1v) is 35.1. The molecule has 5 aromatic heterocycles. The van der Waals surface area contributed by atoms with E-state index >= 15 is 0 Å². The number of nitrogens with zero attached hydrogens (tertiary/aromatic N) is 18. The molecule has 5 aliphatic rings. The van der Waals surface area contributed by atoms with Crippen molar-refractivity contribution < 1.29 is 92.7 Å². The fourth-order valence-electron chi connectivity index (χ4n) is 9.83. The number of hydrogen-bond acceptors (Lipinski definition) is 31. The maximum absolute atomic E-state index is 14.0. The summed E-state index contributed by atoms with van der Waals surface area (Å²) in [5, 5.41) is 0.232. The monoisotopic (exact) mass is 1600 g/mol.